The van der Waals surface area contributed by atoms with E-state index in [0.717, 1.165) is 22.0 Å². The highest BCUT2D eigenvalue weighted by atomic mass is 32.2. The van der Waals surface area contributed by atoms with Gasteiger partial charge in [-0.25, -0.2) is 13.4 Å². The first-order valence-corrected chi connectivity index (χ1v) is 11.6. The van der Waals surface area contributed by atoms with E-state index in [0.29, 0.717) is 17.2 Å². The third-order valence-corrected chi connectivity index (χ3v) is 6.62. The number of anilines is 1. The Balaban J connectivity index is 1.78. The van der Waals surface area contributed by atoms with Crippen molar-refractivity contribution in [2.75, 3.05) is 11.2 Å². The predicted molar refractivity (Wildman–Crippen MR) is 116 cm³/mol. The van der Waals surface area contributed by atoms with Crippen molar-refractivity contribution in [3.63, 3.8) is 0 Å². The zero-order valence-electron chi connectivity index (χ0n) is 15.6. The number of thiazole rings is 1. The molecule has 0 saturated carbocycles. The van der Waals surface area contributed by atoms with E-state index < -0.39 is 9.84 Å². The van der Waals surface area contributed by atoms with Crippen LogP contribution in [0.5, 0.6) is 0 Å². The Bertz CT molecular complexity index is 1250. The Hall–Kier alpha value is -3.03. The molecule has 5 nitrogen and oxygen atoms in total. The van der Waals surface area contributed by atoms with Crippen LogP contribution >= 0.6 is 11.3 Å². The minimum Gasteiger partial charge on any atom is -0.279 e. The molecule has 1 heterocycles. The summed E-state index contributed by atoms with van der Waals surface area (Å²) in [5.41, 5.74) is 2.09. The summed E-state index contributed by atoms with van der Waals surface area (Å²) in [5.74, 6) is -0.293. The average Bonchev–Trinajstić information content (AvgIpc) is 3.16. The minimum atomic E-state index is -3.41. The van der Waals surface area contributed by atoms with E-state index in [-0.39, 0.29) is 10.8 Å². The van der Waals surface area contributed by atoms with E-state index >= 15 is 0 Å². The second-order valence-corrected chi connectivity index (χ2v) is 9.67. The highest BCUT2D eigenvalue weighted by Crippen LogP contribution is 2.31. The van der Waals surface area contributed by atoms with Gasteiger partial charge in [0.05, 0.1) is 21.7 Å². The lowest BCUT2D eigenvalue weighted by Gasteiger charge is -2.20. The Morgan fingerprint density at radius 2 is 1.69 bits per heavy atom. The molecule has 0 bridgehead atoms. The van der Waals surface area contributed by atoms with Crippen molar-refractivity contribution in [2.45, 2.75) is 11.4 Å². The molecule has 0 spiro atoms. The largest absolute Gasteiger partial charge is 0.279 e. The SMILES string of the molecule is CS(=O)(=O)c1cccc(C(=O)N(Cc2ccccc2)c2nc3ccccc3s2)c1. The van der Waals surface area contributed by atoms with Gasteiger partial charge in [0.25, 0.3) is 5.91 Å². The number of para-hydroxylation sites is 1. The fourth-order valence-corrected chi connectivity index (χ4v) is 4.61. The molecule has 4 aromatic rings. The standard InChI is InChI=1S/C22H18N2O3S2/c1-29(26,27)18-11-7-10-17(14-18)21(25)24(15-16-8-3-2-4-9-16)22-23-19-12-5-6-13-20(19)28-22/h2-14H,15H2,1H3. The van der Waals surface area contributed by atoms with Crippen molar-refractivity contribution in [2.24, 2.45) is 0 Å². The van der Waals surface area contributed by atoms with Gasteiger partial charge in [0.15, 0.2) is 15.0 Å². The van der Waals surface area contributed by atoms with Gasteiger partial charge in [0, 0.05) is 11.8 Å². The number of carbonyl (C=O) groups is 1. The molecule has 0 atom stereocenters. The summed E-state index contributed by atoms with van der Waals surface area (Å²) in [4.78, 5) is 19.8. The van der Waals surface area contributed by atoms with Gasteiger partial charge in [-0.05, 0) is 35.9 Å². The molecule has 0 radical (unpaired) electrons. The Morgan fingerprint density at radius 1 is 0.966 bits per heavy atom. The molecule has 146 valence electrons. The summed E-state index contributed by atoms with van der Waals surface area (Å²) < 4.78 is 24.8. The highest BCUT2D eigenvalue weighted by molar-refractivity contribution is 7.90. The number of rotatable bonds is 5. The van der Waals surface area contributed by atoms with Crippen LogP contribution in [-0.2, 0) is 16.4 Å². The van der Waals surface area contributed by atoms with Crippen molar-refractivity contribution in [3.05, 3.63) is 90.0 Å². The first kappa shape index (κ1) is 19.3. The molecule has 0 aliphatic carbocycles. The molecule has 0 aliphatic heterocycles. The summed E-state index contributed by atoms with van der Waals surface area (Å²) in [6.07, 6.45) is 1.13. The molecule has 29 heavy (non-hydrogen) atoms. The zero-order valence-corrected chi connectivity index (χ0v) is 17.3. The van der Waals surface area contributed by atoms with Crippen molar-refractivity contribution < 1.29 is 13.2 Å². The molecule has 0 unspecified atom stereocenters. The molecular formula is C22H18N2O3S2. The molecule has 0 aliphatic rings. The van der Waals surface area contributed by atoms with Crippen molar-refractivity contribution in [3.8, 4) is 0 Å². The van der Waals surface area contributed by atoms with Gasteiger partial charge >= 0.3 is 0 Å². The summed E-state index contributed by atoms with van der Waals surface area (Å²) in [7, 11) is -3.41. The van der Waals surface area contributed by atoms with Crippen molar-refractivity contribution >= 4 is 42.4 Å². The van der Waals surface area contributed by atoms with Gasteiger partial charge < -0.3 is 0 Å². The fourth-order valence-electron chi connectivity index (χ4n) is 2.98. The van der Waals surface area contributed by atoms with Gasteiger partial charge in [0.1, 0.15) is 0 Å². The molecule has 0 saturated heterocycles. The predicted octanol–water partition coefficient (Wildman–Crippen LogP) is 4.55. The van der Waals surface area contributed by atoms with E-state index in [1.54, 1.807) is 17.0 Å². The van der Waals surface area contributed by atoms with Crippen LogP contribution < -0.4 is 4.90 Å². The van der Waals surface area contributed by atoms with Gasteiger partial charge in [-0.2, -0.15) is 0 Å². The molecule has 0 fully saturated rings. The monoisotopic (exact) mass is 422 g/mol. The van der Waals surface area contributed by atoms with Crippen LogP contribution in [0.1, 0.15) is 15.9 Å². The molecule has 1 amide bonds. The van der Waals surface area contributed by atoms with Crippen LogP contribution in [0.25, 0.3) is 10.2 Å². The van der Waals surface area contributed by atoms with Gasteiger partial charge in [-0.1, -0.05) is 59.9 Å². The maximum atomic E-state index is 13.4. The number of aromatic nitrogens is 1. The number of hydrogen-bond donors (Lipinski definition) is 0. The molecule has 3 aromatic carbocycles. The summed E-state index contributed by atoms with van der Waals surface area (Å²) in [6.45, 7) is 0.336. The lowest BCUT2D eigenvalue weighted by molar-refractivity contribution is 0.0985. The zero-order chi connectivity index (χ0) is 20.4. The van der Waals surface area contributed by atoms with Crippen LogP contribution in [0.3, 0.4) is 0 Å². The number of hydrogen-bond acceptors (Lipinski definition) is 5. The topological polar surface area (TPSA) is 67.3 Å². The number of fused-ring (bicyclic) bond motifs is 1. The smallest absolute Gasteiger partial charge is 0.260 e. The van der Waals surface area contributed by atoms with E-state index in [2.05, 4.69) is 4.98 Å². The molecule has 7 heteroatoms. The second kappa shape index (κ2) is 7.77. The molecule has 4 rings (SSSR count). The summed E-state index contributed by atoms with van der Waals surface area (Å²) in [5, 5.41) is 0.574. The number of amides is 1. The first-order chi connectivity index (χ1) is 13.9. The molecule has 1 aromatic heterocycles. The first-order valence-electron chi connectivity index (χ1n) is 8.93. The number of benzene rings is 3. The van der Waals surface area contributed by atoms with E-state index in [1.165, 1.54) is 23.5 Å². The summed E-state index contributed by atoms with van der Waals surface area (Å²) in [6, 6.07) is 23.5. The third kappa shape index (κ3) is 4.21. The number of nitrogens with zero attached hydrogens (tertiary/aromatic N) is 2. The normalized spacial score (nSPS) is 11.5. The Labute approximate surface area is 173 Å². The van der Waals surface area contributed by atoms with Crippen LogP contribution in [0.15, 0.2) is 83.8 Å². The lowest BCUT2D eigenvalue weighted by atomic mass is 10.1. The minimum absolute atomic E-state index is 0.118. The Morgan fingerprint density at radius 3 is 2.41 bits per heavy atom. The van der Waals surface area contributed by atoms with Gasteiger partial charge in [-0.3, -0.25) is 9.69 Å². The maximum absolute atomic E-state index is 13.4. The van der Waals surface area contributed by atoms with Crippen LogP contribution in [0, 0.1) is 0 Å². The molecule has 0 N–H and O–H groups in total. The number of carbonyl (C=O) groups excluding carboxylic acids is 1. The van der Waals surface area contributed by atoms with Crippen molar-refractivity contribution in [1.82, 2.24) is 4.98 Å². The van der Waals surface area contributed by atoms with E-state index in [4.69, 9.17) is 0 Å². The third-order valence-electron chi connectivity index (χ3n) is 4.45. The van der Waals surface area contributed by atoms with Crippen LogP contribution in [-0.4, -0.2) is 25.6 Å². The Kier molecular flexibility index (Phi) is 5.17. The van der Waals surface area contributed by atoms with Crippen molar-refractivity contribution in [1.29, 1.82) is 0 Å². The van der Waals surface area contributed by atoms with Gasteiger partial charge in [0.2, 0.25) is 0 Å². The second-order valence-electron chi connectivity index (χ2n) is 6.64. The number of sulfone groups is 1. The average molecular weight is 423 g/mol. The summed E-state index contributed by atoms with van der Waals surface area (Å²) >= 11 is 1.43. The quantitative estimate of drug-likeness (QED) is 0.473. The van der Waals surface area contributed by atoms with Gasteiger partial charge in [-0.15, -0.1) is 0 Å². The fraction of sp³-hybridized carbons (Fsp3) is 0.0909. The molecular weight excluding hydrogens is 404 g/mol. The van der Waals surface area contributed by atoms with Crippen LogP contribution in [0.4, 0.5) is 5.13 Å². The lowest BCUT2D eigenvalue weighted by Crippen LogP contribution is -2.30. The van der Waals surface area contributed by atoms with Crippen LogP contribution in [0.2, 0.25) is 0 Å². The van der Waals surface area contributed by atoms with E-state index in [1.807, 2.05) is 54.6 Å². The highest BCUT2D eigenvalue weighted by Gasteiger charge is 2.23. The van der Waals surface area contributed by atoms with E-state index in [9.17, 15) is 13.2 Å². The maximum Gasteiger partial charge on any atom is 0.260 e.